The maximum Gasteiger partial charge on any atom is 0.242 e. The molecule has 1 aromatic carbocycles. The van der Waals surface area contributed by atoms with Gasteiger partial charge >= 0.3 is 0 Å². The molecule has 5 N–H and O–H groups in total. The standard InChI is InChI=1S/C14H26N7O2P.C7H8.C4H10.Ir/c1-10(2)17-7-11-8-21(20-19-11)9-12(22)18-14(13(23)24-15)3-5-16-6-4-14;1-7-5-3-2-4-6-7;1-4(2)3;/h8,10,16-17,24H,3-7,9,15H2,1-2H3,(H,18,22);2-6H,1H3;4H,1-3H3;. The number of carbonyl (C=O) groups is 2. The molecule has 1 atom stereocenters. The van der Waals surface area contributed by atoms with Gasteiger partial charge in [-0.25, -0.2) is 4.68 Å². The van der Waals surface area contributed by atoms with Crippen molar-refractivity contribution in [2.75, 3.05) is 13.1 Å². The fourth-order valence-electron chi connectivity index (χ4n) is 3.19. The second-order valence-electron chi connectivity index (χ2n) is 9.68. The van der Waals surface area contributed by atoms with E-state index in [0.717, 1.165) is 11.6 Å². The number of piperidine rings is 1. The van der Waals surface area contributed by atoms with Gasteiger partial charge in [0.1, 0.15) is 12.1 Å². The molecule has 1 aliphatic rings. The molecule has 1 radical (unpaired) electrons. The Morgan fingerprint density at radius 1 is 1.14 bits per heavy atom. The summed E-state index contributed by atoms with van der Waals surface area (Å²) in [5.41, 5.74) is 6.69. The number of benzene rings is 1. The van der Waals surface area contributed by atoms with E-state index in [1.807, 2.05) is 32.0 Å². The summed E-state index contributed by atoms with van der Waals surface area (Å²) < 4.78 is 1.48. The maximum absolute atomic E-state index is 12.4. The SMILES string of the molecule is CC(C)C.CC(C)NCc1cn(CC(=O)NC2(C(=O)PN)CCNCC2)nn1.Cc1ccccc1.[Ir]. The number of aromatic nitrogens is 3. The summed E-state index contributed by atoms with van der Waals surface area (Å²) in [5.74, 6) is 0.580. The number of nitrogens with two attached hydrogens (primary N) is 1. The van der Waals surface area contributed by atoms with E-state index in [1.54, 1.807) is 6.20 Å². The first-order chi connectivity index (χ1) is 16.6. The molecule has 11 heteroatoms. The van der Waals surface area contributed by atoms with Crippen LogP contribution in [0.4, 0.5) is 0 Å². The molecule has 0 spiro atoms. The summed E-state index contributed by atoms with van der Waals surface area (Å²) in [6.07, 6.45) is 2.85. The van der Waals surface area contributed by atoms with Crippen LogP contribution in [0.1, 0.15) is 58.7 Å². The van der Waals surface area contributed by atoms with Crippen molar-refractivity contribution in [2.45, 2.75) is 79.1 Å². The third-order valence-corrected chi connectivity index (χ3v) is 5.67. The zero-order valence-electron chi connectivity index (χ0n) is 22.4. The number of hydrogen-bond donors (Lipinski definition) is 4. The number of nitrogens with zero attached hydrogens (tertiary/aromatic N) is 3. The van der Waals surface area contributed by atoms with E-state index in [0.29, 0.717) is 38.5 Å². The minimum Gasteiger partial charge on any atom is -0.341 e. The van der Waals surface area contributed by atoms with E-state index in [4.69, 9.17) is 5.50 Å². The maximum atomic E-state index is 12.4. The van der Waals surface area contributed by atoms with Gasteiger partial charge in [0.15, 0.2) is 5.52 Å². The molecule has 3 rings (SSSR count). The summed E-state index contributed by atoms with van der Waals surface area (Å²) in [6.45, 7) is 14.7. The van der Waals surface area contributed by atoms with Gasteiger partial charge in [-0.15, -0.1) is 5.10 Å². The number of amides is 1. The number of hydrogen-bond acceptors (Lipinski definition) is 7. The van der Waals surface area contributed by atoms with Crippen LogP contribution in [-0.2, 0) is 42.8 Å². The van der Waals surface area contributed by atoms with E-state index in [-0.39, 0.29) is 46.8 Å². The third kappa shape index (κ3) is 14.3. The van der Waals surface area contributed by atoms with E-state index < -0.39 is 5.54 Å². The van der Waals surface area contributed by atoms with Crippen LogP contribution in [0.25, 0.3) is 0 Å². The summed E-state index contributed by atoms with van der Waals surface area (Å²) in [5, 5.41) is 17.3. The first-order valence-electron chi connectivity index (χ1n) is 12.2. The fraction of sp³-hybridized carbons (Fsp3) is 0.600. The van der Waals surface area contributed by atoms with Gasteiger partial charge in [-0.1, -0.05) is 75.7 Å². The summed E-state index contributed by atoms with van der Waals surface area (Å²) in [6, 6.07) is 10.6. The zero-order chi connectivity index (χ0) is 26.3. The first kappa shape index (κ1) is 34.5. The molecule has 0 aliphatic carbocycles. The predicted octanol–water partition coefficient (Wildman–Crippen LogP) is 2.75. The van der Waals surface area contributed by atoms with E-state index in [2.05, 4.69) is 66.1 Å². The van der Waals surface area contributed by atoms with Gasteiger partial charge < -0.3 is 21.5 Å². The second kappa shape index (κ2) is 18.7. The Hall–Kier alpha value is -1.54. The van der Waals surface area contributed by atoms with Gasteiger partial charge in [-0.3, -0.25) is 9.59 Å². The van der Waals surface area contributed by atoms with Gasteiger partial charge in [0.2, 0.25) is 5.91 Å². The van der Waals surface area contributed by atoms with Crippen molar-refractivity contribution in [2.24, 2.45) is 11.4 Å². The van der Waals surface area contributed by atoms with Crippen LogP contribution in [0, 0.1) is 12.8 Å². The summed E-state index contributed by atoms with van der Waals surface area (Å²) in [7, 11) is -0.322. The Balaban J connectivity index is 0.000000846. The quantitative estimate of drug-likeness (QED) is 0.313. The number of nitrogens with one attached hydrogen (secondary N) is 3. The number of aryl methyl sites for hydroxylation is 1. The van der Waals surface area contributed by atoms with E-state index in [1.165, 1.54) is 10.2 Å². The van der Waals surface area contributed by atoms with Crippen LogP contribution in [0.15, 0.2) is 36.5 Å². The average Bonchev–Trinajstić information content (AvgIpc) is 3.25. The normalized spacial score (nSPS) is 14.4. The van der Waals surface area contributed by atoms with Crippen LogP contribution >= 0.6 is 8.73 Å². The van der Waals surface area contributed by atoms with Crippen molar-refractivity contribution in [1.82, 2.24) is 30.9 Å². The Kier molecular flexibility index (Phi) is 17.9. The van der Waals surface area contributed by atoms with Gasteiger partial charge in [0.05, 0.1) is 11.9 Å². The number of carbonyl (C=O) groups excluding carboxylic acids is 2. The molecule has 1 aliphatic heterocycles. The molecular formula is C25H44IrN7O2P. The summed E-state index contributed by atoms with van der Waals surface area (Å²) in [4.78, 5) is 24.6. The van der Waals surface area contributed by atoms with Crippen molar-refractivity contribution in [3.05, 3.63) is 47.8 Å². The van der Waals surface area contributed by atoms with Crippen LogP contribution in [0.5, 0.6) is 0 Å². The van der Waals surface area contributed by atoms with E-state index >= 15 is 0 Å². The molecule has 0 bridgehead atoms. The first-order valence-corrected chi connectivity index (χ1v) is 13.3. The fourth-order valence-corrected chi connectivity index (χ4v) is 3.78. The minimum absolute atomic E-state index is 0. The third-order valence-electron chi connectivity index (χ3n) is 4.93. The van der Waals surface area contributed by atoms with E-state index in [9.17, 15) is 9.59 Å². The molecule has 1 unspecified atom stereocenters. The molecule has 36 heavy (non-hydrogen) atoms. The van der Waals surface area contributed by atoms with Crippen LogP contribution in [0.2, 0.25) is 0 Å². The Morgan fingerprint density at radius 3 is 2.19 bits per heavy atom. The molecule has 1 saturated heterocycles. The molecule has 1 aromatic heterocycles. The smallest absolute Gasteiger partial charge is 0.242 e. The van der Waals surface area contributed by atoms with Crippen molar-refractivity contribution < 1.29 is 29.7 Å². The van der Waals surface area contributed by atoms with Crippen molar-refractivity contribution >= 4 is 20.2 Å². The average molecular weight is 698 g/mol. The topological polar surface area (TPSA) is 127 Å². The zero-order valence-corrected chi connectivity index (χ0v) is 25.8. The number of rotatable bonds is 8. The largest absolute Gasteiger partial charge is 0.341 e. The Morgan fingerprint density at radius 2 is 1.72 bits per heavy atom. The molecule has 2 aromatic rings. The van der Waals surface area contributed by atoms with Crippen molar-refractivity contribution in [1.29, 1.82) is 0 Å². The molecule has 2 heterocycles. The van der Waals surface area contributed by atoms with Gasteiger partial charge in [-0.05, 0) is 38.8 Å². The monoisotopic (exact) mass is 698 g/mol. The molecule has 0 saturated carbocycles. The molecule has 1 amide bonds. The van der Waals surface area contributed by atoms with Crippen LogP contribution in [-0.4, -0.2) is 51.1 Å². The molecule has 1 fully saturated rings. The molecule has 205 valence electrons. The minimum atomic E-state index is -0.849. The Bertz CT molecular complexity index is 870. The van der Waals surface area contributed by atoms with Gasteiger partial charge in [0.25, 0.3) is 0 Å². The molecule has 9 nitrogen and oxygen atoms in total. The second-order valence-corrected chi connectivity index (χ2v) is 10.4. The summed E-state index contributed by atoms with van der Waals surface area (Å²) >= 11 is 0. The Labute approximate surface area is 231 Å². The van der Waals surface area contributed by atoms with Crippen LogP contribution < -0.4 is 21.5 Å². The van der Waals surface area contributed by atoms with Crippen molar-refractivity contribution in [3.63, 3.8) is 0 Å². The van der Waals surface area contributed by atoms with Crippen LogP contribution in [0.3, 0.4) is 0 Å². The van der Waals surface area contributed by atoms with Crippen molar-refractivity contribution in [3.8, 4) is 0 Å². The molecular weight excluding hydrogens is 654 g/mol. The van der Waals surface area contributed by atoms with Gasteiger partial charge in [0, 0.05) is 41.4 Å². The predicted molar refractivity (Wildman–Crippen MR) is 144 cm³/mol. The van der Waals surface area contributed by atoms with Gasteiger partial charge in [-0.2, -0.15) is 0 Å².